The third-order valence-electron chi connectivity index (χ3n) is 7.71. The number of rotatable bonds is 8. The second-order valence-corrected chi connectivity index (χ2v) is 11.0. The second-order valence-electron chi connectivity index (χ2n) is 10.6. The van der Waals surface area contributed by atoms with Gasteiger partial charge in [-0.3, -0.25) is 14.4 Å². The molecule has 2 N–H and O–H groups in total. The third kappa shape index (κ3) is 6.35. The highest BCUT2D eigenvalue weighted by Gasteiger charge is 2.42. The number of amides is 3. The Morgan fingerprint density at radius 2 is 1.65 bits per heavy atom. The Morgan fingerprint density at radius 1 is 0.950 bits per heavy atom. The summed E-state index contributed by atoms with van der Waals surface area (Å²) in [6.45, 7) is 5.05. The van der Waals surface area contributed by atoms with Gasteiger partial charge >= 0.3 is 0 Å². The van der Waals surface area contributed by atoms with Gasteiger partial charge in [-0.2, -0.15) is 0 Å². The van der Waals surface area contributed by atoms with Crippen molar-refractivity contribution in [1.29, 1.82) is 0 Å². The zero-order valence-corrected chi connectivity index (χ0v) is 23.0. The minimum Gasteiger partial charge on any atom is -0.345 e. The smallest absolute Gasteiger partial charge is 0.258 e. The maximum atomic E-state index is 14.3. The van der Waals surface area contributed by atoms with E-state index in [0.717, 1.165) is 25.2 Å². The molecule has 3 aromatic rings. The predicted molar refractivity (Wildman–Crippen MR) is 153 cm³/mol. The van der Waals surface area contributed by atoms with E-state index in [1.54, 1.807) is 29.2 Å². The fourth-order valence-corrected chi connectivity index (χ4v) is 6.04. The molecule has 2 heterocycles. The number of hydrogen-bond acceptors (Lipinski definition) is 4. The Labute approximate surface area is 238 Å². The van der Waals surface area contributed by atoms with Crippen molar-refractivity contribution >= 4 is 35.0 Å². The lowest BCUT2D eigenvalue weighted by Gasteiger charge is -2.25. The standard InChI is InChI=1S/C31H32ClFN4O3/c1-20(38)34-25-10-5-9-22(15-25)30(39)35-28(21-7-3-2-4-8-21)13-14-36-16-23-18-37(19-24(23)17-36)31(40)29-26(32)11-6-12-27(29)33/h2-12,15,23-24,28H,13-14,16-19H2,1H3,(H,34,38)(H,35,39)/t23?,24?,28-/m0/s1. The van der Waals surface area contributed by atoms with E-state index in [0.29, 0.717) is 42.6 Å². The molecule has 2 fully saturated rings. The van der Waals surface area contributed by atoms with Gasteiger partial charge in [-0.25, -0.2) is 4.39 Å². The topological polar surface area (TPSA) is 81.8 Å². The van der Waals surface area contributed by atoms with E-state index < -0.39 is 5.82 Å². The molecule has 7 nitrogen and oxygen atoms in total. The molecule has 0 radical (unpaired) electrons. The molecule has 2 aliphatic rings. The summed E-state index contributed by atoms with van der Waals surface area (Å²) in [5.41, 5.74) is 2.02. The van der Waals surface area contributed by atoms with E-state index in [-0.39, 0.29) is 34.3 Å². The Morgan fingerprint density at radius 3 is 2.33 bits per heavy atom. The van der Waals surface area contributed by atoms with Gasteiger partial charge in [-0.05, 0) is 54.2 Å². The number of fused-ring (bicyclic) bond motifs is 1. The van der Waals surface area contributed by atoms with Gasteiger partial charge in [0.25, 0.3) is 11.8 Å². The van der Waals surface area contributed by atoms with Gasteiger partial charge in [0.1, 0.15) is 5.82 Å². The summed E-state index contributed by atoms with van der Waals surface area (Å²) in [4.78, 5) is 41.7. The van der Waals surface area contributed by atoms with Gasteiger partial charge in [0.15, 0.2) is 0 Å². The van der Waals surface area contributed by atoms with Crippen LogP contribution in [0.1, 0.15) is 45.7 Å². The number of hydrogen-bond donors (Lipinski definition) is 2. The van der Waals surface area contributed by atoms with Crippen molar-refractivity contribution in [2.45, 2.75) is 19.4 Å². The van der Waals surface area contributed by atoms with Crippen LogP contribution in [0.15, 0.2) is 72.8 Å². The summed E-state index contributed by atoms with van der Waals surface area (Å²) in [6.07, 6.45) is 0.716. The fraction of sp³-hybridized carbons (Fsp3) is 0.323. The molecule has 0 aliphatic carbocycles. The fourth-order valence-electron chi connectivity index (χ4n) is 5.80. The Hall–Kier alpha value is -3.75. The molecule has 0 bridgehead atoms. The summed E-state index contributed by atoms with van der Waals surface area (Å²) in [5, 5.41) is 6.03. The maximum Gasteiger partial charge on any atom is 0.258 e. The summed E-state index contributed by atoms with van der Waals surface area (Å²) < 4.78 is 14.3. The SMILES string of the molecule is CC(=O)Nc1cccc(C(=O)N[C@@H](CCN2CC3CN(C(=O)c4c(F)cccc4Cl)CC3C2)c2ccccc2)c1. The molecule has 0 saturated carbocycles. The van der Waals surface area contributed by atoms with Gasteiger partial charge in [-0.15, -0.1) is 0 Å². The first-order valence-corrected chi connectivity index (χ1v) is 13.9. The van der Waals surface area contributed by atoms with Crippen LogP contribution in [0.2, 0.25) is 5.02 Å². The Bertz CT molecular complexity index is 1370. The van der Waals surface area contributed by atoms with Crippen LogP contribution in [0.4, 0.5) is 10.1 Å². The summed E-state index contributed by atoms with van der Waals surface area (Å²) in [6, 6.07) is 20.9. The maximum absolute atomic E-state index is 14.3. The number of carbonyl (C=O) groups excluding carboxylic acids is 3. The van der Waals surface area contributed by atoms with E-state index >= 15 is 0 Å². The number of nitrogens with zero attached hydrogens (tertiary/aromatic N) is 2. The number of halogens is 2. The molecule has 3 atom stereocenters. The van der Waals surface area contributed by atoms with Gasteiger partial charge in [0, 0.05) is 50.9 Å². The van der Waals surface area contributed by atoms with Crippen LogP contribution in [0, 0.1) is 17.7 Å². The van der Waals surface area contributed by atoms with Crippen LogP contribution in [0.25, 0.3) is 0 Å². The Kier molecular flexibility index (Phi) is 8.47. The van der Waals surface area contributed by atoms with Crippen molar-refractivity contribution in [3.63, 3.8) is 0 Å². The number of anilines is 1. The lowest BCUT2D eigenvalue weighted by molar-refractivity contribution is -0.114. The van der Waals surface area contributed by atoms with Gasteiger partial charge in [-0.1, -0.05) is 54.1 Å². The number of nitrogens with one attached hydrogen (secondary N) is 2. The number of benzene rings is 3. The first-order chi connectivity index (χ1) is 19.3. The molecule has 3 aromatic carbocycles. The normalized spacial score (nSPS) is 19.2. The minimum absolute atomic E-state index is 0.0509. The molecule has 2 saturated heterocycles. The molecule has 5 rings (SSSR count). The van der Waals surface area contributed by atoms with Crippen molar-refractivity contribution in [2.75, 3.05) is 38.0 Å². The van der Waals surface area contributed by atoms with Gasteiger partial charge in [0.05, 0.1) is 16.6 Å². The van der Waals surface area contributed by atoms with E-state index in [1.165, 1.54) is 25.1 Å². The average Bonchev–Trinajstić information content (AvgIpc) is 3.50. The molecule has 40 heavy (non-hydrogen) atoms. The van der Waals surface area contributed by atoms with Gasteiger partial charge < -0.3 is 20.4 Å². The molecule has 2 unspecified atom stereocenters. The van der Waals surface area contributed by atoms with Crippen LogP contribution in [0.3, 0.4) is 0 Å². The van der Waals surface area contributed by atoms with Crippen LogP contribution in [-0.4, -0.2) is 60.2 Å². The third-order valence-corrected chi connectivity index (χ3v) is 8.03. The first-order valence-electron chi connectivity index (χ1n) is 13.5. The van der Waals surface area contributed by atoms with Crippen molar-refractivity contribution < 1.29 is 18.8 Å². The monoisotopic (exact) mass is 562 g/mol. The highest BCUT2D eigenvalue weighted by atomic mass is 35.5. The molecule has 0 aromatic heterocycles. The zero-order chi connectivity index (χ0) is 28.2. The first kappa shape index (κ1) is 27.8. The van der Waals surface area contributed by atoms with Crippen LogP contribution >= 0.6 is 11.6 Å². The quantitative estimate of drug-likeness (QED) is 0.405. The zero-order valence-electron chi connectivity index (χ0n) is 22.3. The molecule has 9 heteroatoms. The van der Waals surface area contributed by atoms with E-state index in [9.17, 15) is 18.8 Å². The van der Waals surface area contributed by atoms with Crippen LogP contribution in [0.5, 0.6) is 0 Å². The van der Waals surface area contributed by atoms with Gasteiger partial charge in [0.2, 0.25) is 5.91 Å². The molecular weight excluding hydrogens is 531 g/mol. The number of carbonyl (C=O) groups is 3. The van der Waals surface area contributed by atoms with E-state index in [2.05, 4.69) is 15.5 Å². The number of likely N-dealkylation sites (tertiary alicyclic amines) is 2. The minimum atomic E-state index is -0.591. The Balaban J connectivity index is 1.20. The highest BCUT2D eigenvalue weighted by Crippen LogP contribution is 2.34. The summed E-state index contributed by atoms with van der Waals surface area (Å²) >= 11 is 6.13. The van der Waals surface area contributed by atoms with E-state index in [4.69, 9.17) is 11.6 Å². The van der Waals surface area contributed by atoms with Crippen LogP contribution in [-0.2, 0) is 4.79 Å². The highest BCUT2D eigenvalue weighted by molar-refractivity contribution is 6.33. The lowest BCUT2D eigenvalue weighted by Crippen LogP contribution is -2.35. The molecule has 2 aliphatic heterocycles. The van der Waals surface area contributed by atoms with Crippen molar-refractivity contribution in [3.05, 3.63) is 100 Å². The molecule has 208 valence electrons. The largest absolute Gasteiger partial charge is 0.345 e. The molecule has 0 spiro atoms. The lowest BCUT2D eigenvalue weighted by atomic mass is 10.0. The molecular formula is C31H32ClFN4O3. The summed E-state index contributed by atoms with van der Waals surface area (Å²) in [7, 11) is 0. The van der Waals surface area contributed by atoms with E-state index in [1.807, 2.05) is 30.3 Å². The predicted octanol–water partition coefficient (Wildman–Crippen LogP) is 5.00. The van der Waals surface area contributed by atoms with Crippen molar-refractivity contribution in [3.8, 4) is 0 Å². The summed E-state index contributed by atoms with van der Waals surface area (Å²) in [5.74, 6) is -0.712. The van der Waals surface area contributed by atoms with Crippen LogP contribution < -0.4 is 10.6 Å². The van der Waals surface area contributed by atoms with Crippen molar-refractivity contribution in [1.82, 2.24) is 15.1 Å². The molecule has 3 amide bonds. The average molecular weight is 563 g/mol. The van der Waals surface area contributed by atoms with Crippen molar-refractivity contribution in [2.24, 2.45) is 11.8 Å². The second kappa shape index (κ2) is 12.2.